The molecule has 3 rings (SSSR count). The van der Waals surface area contributed by atoms with Gasteiger partial charge < -0.3 is 9.32 Å². The molecule has 5 heteroatoms. The van der Waals surface area contributed by atoms with Crippen LogP contribution in [0.1, 0.15) is 41.9 Å². The number of furan rings is 1. The summed E-state index contributed by atoms with van der Waals surface area (Å²) in [5, 5.41) is 0. The van der Waals surface area contributed by atoms with Crippen molar-refractivity contribution in [2.24, 2.45) is 0 Å². The first kappa shape index (κ1) is 14.3. The third-order valence-electron chi connectivity index (χ3n) is 3.87. The van der Waals surface area contributed by atoms with Crippen LogP contribution in [0.25, 0.3) is 0 Å². The van der Waals surface area contributed by atoms with E-state index in [2.05, 4.69) is 20.9 Å². The second-order valence-corrected chi connectivity index (χ2v) is 6.11. The molecule has 0 bridgehead atoms. The minimum atomic E-state index is -0.0281. The summed E-state index contributed by atoms with van der Waals surface area (Å²) in [5.74, 6) is 0.782. The van der Waals surface area contributed by atoms with Gasteiger partial charge in [0.2, 0.25) is 0 Å². The Balaban J connectivity index is 1.85. The Morgan fingerprint density at radius 1 is 1.29 bits per heavy atom. The van der Waals surface area contributed by atoms with Crippen molar-refractivity contribution in [3.63, 3.8) is 0 Å². The SMILES string of the molecule is O=C(c1cccc(Br)n1)N(Cc1ccco1)C1CCCC1. The van der Waals surface area contributed by atoms with E-state index in [1.165, 1.54) is 12.8 Å². The van der Waals surface area contributed by atoms with Crippen LogP contribution in [0.15, 0.2) is 45.6 Å². The minimum absolute atomic E-state index is 0.0281. The second kappa shape index (κ2) is 6.43. The lowest BCUT2D eigenvalue weighted by atomic mass is 10.1. The maximum Gasteiger partial charge on any atom is 0.273 e. The highest BCUT2D eigenvalue weighted by molar-refractivity contribution is 9.10. The molecule has 4 nitrogen and oxygen atoms in total. The van der Waals surface area contributed by atoms with Gasteiger partial charge in [0.1, 0.15) is 16.1 Å². The van der Waals surface area contributed by atoms with Crippen LogP contribution in [0, 0.1) is 0 Å². The van der Waals surface area contributed by atoms with E-state index < -0.39 is 0 Å². The lowest BCUT2D eigenvalue weighted by Crippen LogP contribution is -2.38. The molecule has 1 saturated carbocycles. The Morgan fingerprint density at radius 3 is 2.76 bits per heavy atom. The number of nitrogens with zero attached hydrogens (tertiary/aromatic N) is 2. The number of rotatable bonds is 4. The highest BCUT2D eigenvalue weighted by Gasteiger charge is 2.28. The second-order valence-electron chi connectivity index (χ2n) is 5.30. The third-order valence-corrected chi connectivity index (χ3v) is 4.31. The summed E-state index contributed by atoms with van der Waals surface area (Å²) in [6.45, 7) is 0.505. The summed E-state index contributed by atoms with van der Waals surface area (Å²) in [4.78, 5) is 19.0. The number of hydrogen-bond donors (Lipinski definition) is 0. The molecule has 2 aromatic rings. The number of carbonyl (C=O) groups excluding carboxylic acids is 1. The van der Waals surface area contributed by atoms with Gasteiger partial charge in [-0.15, -0.1) is 0 Å². The van der Waals surface area contributed by atoms with Crippen molar-refractivity contribution in [2.75, 3.05) is 0 Å². The molecule has 0 radical (unpaired) electrons. The van der Waals surface area contributed by atoms with Crippen molar-refractivity contribution in [1.82, 2.24) is 9.88 Å². The summed E-state index contributed by atoms with van der Waals surface area (Å²) in [7, 11) is 0. The Bertz CT molecular complexity index is 606. The zero-order valence-electron chi connectivity index (χ0n) is 11.7. The molecule has 1 amide bonds. The number of hydrogen-bond acceptors (Lipinski definition) is 3. The summed E-state index contributed by atoms with van der Waals surface area (Å²) >= 11 is 3.32. The monoisotopic (exact) mass is 348 g/mol. The molecule has 21 heavy (non-hydrogen) atoms. The van der Waals surface area contributed by atoms with Crippen molar-refractivity contribution >= 4 is 21.8 Å². The van der Waals surface area contributed by atoms with E-state index in [9.17, 15) is 4.79 Å². The third kappa shape index (κ3) is 3.35. The Hall–Kier alpha value is -1.62. The highest BCUT2D eigenvalue weighted by Crippen LogP contribution is 2.26. The maximum atomic E-state index is 12.8. The van der Waals surface area contributed by atoms with Crippen molar-refractivity contribution in [3.8, 4) is 0 Å². The van der Waals surface area contributed by atoms with Crippen molar-refractivity contribution in [3.05, 3.63) is 52.7 Å². The van der Waals surface area contributed by atoms with Crippen LogP contribution in [0.3, 0.4) is 0 Å². The normalized spacial score (nSPS) is 15.3. The van der Waals surface area contributed by atoms with Crippen LogP contribution >= 0.6 is 15.9 Å². The van der Waals surface area contributed by atoms with E-state index >= 15 is 0 Å². The summed E-state index contributed by atoms with van der Waals surface area (Å²) in [6, 6.07) is 9.46. The molecule has 1 aliphatic rings. The molecule has 2 aromatic heterocycles. The number of aromatic nitrogens is 1. The van der Waals surface area contributed by atoms with Crippen LogP contribution in [0.4, 0.5) is 0 Å². The van der Waals surface area contributed by atoms with E-state index in [-0.39, 0.29) is 11.9 Å². The van der Waals surface area contributed by atoms with E-state index in [1.807, 2.05) is 29.2 Å². The largest absolute Gasteiger partial charge is 0.467 e. The van der Waals surface area contributed by atoms with Gasteiger partial charge in [-0.1, -0.05) is 18.9 Å². The molecule has 2 heterocycles. The zero-order valence-corrected chi connectivity index (χ0v) is 13.3. The number of halogens is 1. The molecule has 0 unspecified atom stereocenters. The fourth-order valence-electron chi connectivity index (χ4n) is 2.83. The van der Waals surface area contributed by atoms with Gasteiger partial charge >= 0.3 is 0 Å². The number of carbonyl (C=O) groups is 1. The average Bonchev–Trinajstić information content (AvgIpc) is 3.17. The first-order valence-electron chi connectivity index (χ1n) is 7.20. The molecule has 0 aliphatic heterocycles. The first-order chi connectivity index (χ1) is 10.2. The van der Waals surface area contributed by atoms with E-state index in [1.54, 1.807) is 12.3 Å². The Labute approximate surface area is 132 Å². The lowest BCUT2D eigenvalue weighted by Gasteiger charge is -2.28. The van der Waals surface area contributed by atoms with Crippen molar-refractivity contribution in [1.29, 1.82) is 0 Å². The first-order valence-corrected chi connectivity index (χ1v) is 7.99. The van der Waals surface area contributed by atoms with Crippen LogP contribution in [-0.4, -0.2) is 21.8 Å². The number of amides is 1. The molecule has 0 N–H and O–H groups in total. The molecule has 0 atom stereocenters. The van der Waals surface area contributed by atoms with Crippen molar-refractivity contribution in [2.45, 2.75) is 38.3 Å². The lowest BCUT2D eigenvalue weighted by molar-refractivity contribution is 0.0642. The van der Waals surface area contributed by atoms with Crippen LogP contribution in [0.2, 0.25) is 0 Å². The maximum absolute atomic E-state index is 12.8. The zero-order chi connectivity index (χ0) is 14.7. The van der Waals surface area contributed by atoms with Gasteiger partial charge in [-0.3, -0.25) is 4.79 Å². The molecule has 1 fully saturated rings. The van der Waals surface area contributed by atoms with Crippen LogP contribution in [-0.2, 0) is 6.54 Å². The van der Waals surface area contributed by atoms with Gasteiger partial charge in [-0.2, -0.15) is 0 Å². The highest BCUT2D eigenvalue weighted by atomic mass is 79.9. The molecular formula is C16H17BrN2O2. The van der Waals surface area contributed by atoms with Crippen LogP contribution in [0.5, 0.6) is 0 Å². The summed E-state index contributed by atoms with van der Waals surface area (Å²) in [6.07, 6.45) is 6.11. The summed E-state index contributed by atoms with van der Waals surface area (Å²) in [5.41, 5.74) is 0.475. The number of pyridine rings is 1. The predicted molar refractivity (Wildman–Crippen MR) is 82.8 cm³/mol. The molecule has 0 aromatic carbocycles. The smallest absolute Gasteiger partial charge is 0.273 e. The van der Waals surface area contributed by atoms with Gasteiger partial charge in [-0.05, 0) is 53.0 Å². The fraction of sp³-hybridized carbons (Fsp3) is 0.375. The average molecular weight is 349 g/mol. The molecule has 0 spiro atoms. The minimum Gasteiger partial charge on any atom is -0.467 e. The van der Waals surface area contributed by atoms with E-state index in [0.29, 0.717) is 16.8 Å². The van der Waals surface area contributed by atoms with E-state index in [0.717, 1.165) is 18.6 Å². The predicted octanol–water partition coefficient (Wildman–Crippen LogP) is 4.02. The summed E-state index contributed by atoms with van der Waals surface area (Å²) < 4.78 is 6.09. The van der Waals surface area contributed by atoms with E-state index in [4.69, 9.17) is 4.42 Å². The van der Waals surface area contributed by atoms with Gasteiger partial charge in [0.05, 0.1) is 12.8 Å². The standard InChI is InChI=1S/C16H17BrN2O2/c17-15-9-3-8-14(18-15)16(20)19(12-5-1-2-6-12)11-13-7-4-10-21-13/h3-4,7-10,12H,1-2,5-6,11H2. The van der Waals surface area contributed by atoms with Crippen molar-refractivity contribution < 1.29 is 9.21 Å². The van der Waals surface area contributed by atoms with Gasteiger partial charge in [0, 0.05) is 6.04 Å². The van der Waals surface area contributed by atoms with Crippen LogP contribution < -0.4 is 0 Å². The molecule has 0 saturated heterocycles. The molecular weight excluding hydrogens is 332 g/mol. The Kier molecular flexibility index (Phi) is 4.39. The molecule has 1 aliphatic carbocycles. The molecule has 110 valence electrons. The van der Waals surface area contributed by atoms with Gasteiger partial charge in [0.15, 0.2) is 0 Å². The fourth-order valence-corrected chi connectivity index (χ4v) is 3.17. The van der Waals surface area contributed by atoms with Gasteiger partial charge in [-0.25, -0.2) is 4.98 Å². The topological polar surface area (TPSA) is 46.3 Å². The quantitative estimate of drug-likeness (QED) is 0.783. The van der Waals surface area contributed by atoms with Gasteiger partial charge in [0.25, 0.3) is 5.91 Å². The Morgan fingerprint density at radius 2 is 2.10 bits per heavy atom.